The first-order valence-electron chi connectivity index (χ1n) is 7.23. The molecule has 2 aromatic carbocycles. The summed E-state index contributed by atoms with van der Waals surface area (Å²) in [4.78, 5) is 4.04. The predicted octanol–water partition coefficient (Wildman–Crippen LogP) is 5.42. The zero-order chi connectivity index (χ0) is 18.0. The van der Waals surface area contributed by atoms with Crippen LogP contribution in [0.25, 0.3) is 22.0 Å². The smallest absolute Gasteiger partial charge is 0.304 e. The third-order valence-corrected chi connectivity index (χ3v) is 4.54. The van der Waals surface area contributed by atoms with Crippen molar-refractivity contribution in [1.82, 2.24) is 4.98 Å². The van der Waals surface area contributed by atoms with Gasteiger partial charge in [0.25, 0.3) is 0 Å². The molecule has 0 bridgehead atoms. The topological polar surface area (TPSA) is 12.9 Å². The van der Waals surface area contributed by atoms with E-state index in [0.717, 1.165) is 18.2 Å². The standard InChI is InChI=1S/C18H8F6N.Pt/c19-17(20,21)16(18(22,23)24)12-6-2-1-5-11(12)15-14-10(8-9-25-15)4-3-7-13(14)16;/h1-4,6-9H;/q-1;. The number of benzene rings is 2. The molecule has 26 heavy (non-hydrogen) atoms. The van der Waals surface area contributed by atoms with Gasteiger partial charge in [0.1, 0.15) is 0 Å². The minimum atomic E-state index is -5.59. The van der Waals surface area contributed by atoms with Crippen LogP contribution in [0.1, 0.15) is 11.1 Å². The Bertz CT molecular complexity index is 974. The van der Waals surface area contributed by atoms with Crippen LogP contribution in [-0.2, 0) is 26.5 Å². The second-order valence-electron chi connectivity index (χ2n) is 5.77. The van der Waals surface area contributed by atoms with Gasteiger partial charge in [0.2, 0.25) is 0 Å². The van der Waals surface area contributed by atoms with E-state index in [9.17, 15) is 26.3 Å². The van der Waals surface area contributed by atoms with Gasteiger partial charge >= 0.3 is 12.4 Å². The Morgan fingerprint density at radius 1 is 0.846 bits per heavy atom. The van der Waals surface area contributed by atoms with Gasteiger partial charge in [0.15, 0.2) is 5.41 Å². The number of aromatic nitrogens is 1. The third-order valence-electron chi connectivity index (χ3n) is 4.54. The maximum absolute atomic E-state index is 14.0. The first kappa shape index (κ1) is 18.9. The largest absolute Gasteiger partial charge is 0.403 e. The van der Waals surface area contributed by atoms with Crippen LogP contribution < -0.4 is 0 Å². The van der Waals surface area contributed by atoms with Gasteiger partial charge in [-0.05, 0) is 28.1 Å². The molecule has 0 atom stereocenters. The first-order chi connectivity index (χ1) is 11.7. The summed E-state index contributed by atoms with van der Waals surface area (Å²) >= 11 is 0. The Hall–Kier alpha value is -1.88. The summed E-state index contributed by atoms with van der Waals surface area (Å²) in [5.74, 6) is 0. The van der Waals surface area contributed by atoms with E-state index in [1.54, 1.807) is 0 Å². The zero-order valence-corrected chi connectivity index (χ0v) is 14.9. The maximum Gasteiger partial charge on any atom is 0.403 e. The van der Waals surface area contributed by atoms with E-state index in [1.807, 2.05) is 0 Å². The molecule has 0 spiro atoms. The minimum absolute atomic E-state index is 0. The first-order valence-corrected chi connectivity index (χ1v) is 7.23. The van der Waals surface area contributed by atoms with E-state index in [4.69, 9.17) is 0 Å². The normalized spacial score (nSPS) is 15.3. The predicted molar refractivity (Wildman–Crippen MR) is 78.9 cm³/mol. The summed E-state index contributed by atoms with van der Waals surface area (Å²) in [5, 5.41) is 0.123. The van der Waals surface area contributed by atoms with E-state index in [-0.39, 0.29) is 43.1 Å². The van der Waals surface area contributed by atoms with Gasteiger partial charge in [0.05, 0.1) is 0 Å². The van der Waals surface area contributed by atoms with E-state index in [0.29, 0.717) is 0 Å². The van der Waals surface area contributed by atoms with Crippen LogP contribution in [0, 0.1) is 6.07 Å². The van der Waals surface area contributed by atoms with Gasteiger partial charge in [-0.2, -0.15) is 26.3 Å². The molecule has 4 rings (SSSR count). The molecule has 0 saturated carbocycles. The van der Waals surface area contributed by atoms with Crippen LogP contribution in [-0.4, -0.2) is 17.3 Å². The van der Waals surface area contributed by atoms with Crippen molar-refractivity contribution in [3.05, 3.63) is 65.9 Å². The van der Waals surface area contributed by atoms with Crippen molar-refractivity contribution in [2.45, 2.75) is 17.8 Å². The van der Waals surface area contributed by atoms with Crippen LogP contribution in [0.4, 0.5) is 26.3 Å². The van der Waals surface area contributed by atoms with Gasteiger partial charge in [-0.1, -0.05) is 23.8 Å². The Morgan fingerprint density at radius 2 is 1.50 bits per heavy atom. The summed E-state index contributed by atoms with van der Waals surface area (Å²) in [6.45, 7) is 0. The number of fused-ring (bicyclic) bond motifs is 2. The van der Waals surface area contributed by atoms with Crippen molar-refractivity contribution in [2.24, 2.45) is 0 Å². The summed E-state index contributed by atoms with van der Waals surface area (Å²) in [6, 6.07) is 10.7. The van der Waals surface area contributed by atoms with E-state index < -0.39 is 28.9 Å². The molecule has 8 heteroatoms. The summed E-state index contributed by atoms with van der Waals surface area (Å²) in [6.07, 6.45) is -9.81. The maximum atomic E-state index is 14.0. The quantitative estimate of drug-likeness (QED) is 0.271. The molecule has 1 aliphatic rings. The van der Waals surface area contributed by atoms with Crippen LogP contribution in [0.5, 0.6) is 0 Å². The van der Waals surface area contributed by atoms with Gasteiger partial charge in [-0.25, -0.2) is 0 Å². The molecule has 0 unspecified atom stereocenters. The fourth-order valence-electron chi connectivity index (χ4n) is 3.59. The van der Waals surface area contributed by atoms with Crippen LogP contribution in [0.3, 0.4) is 0 Å². The summed E-state index contributed by atoms with van der Waals surface area (Å²) in [7, 11) is 0. The molecular weight excluding hydrogens is 539 g/mol. The molecule has 0 fully saturated rings. The number of pyridine rings is 1. The van der Waals surface area contributed by atoms with Crippen molar-refractivity contribution in [1.29, 1.82) is 0 Å². The number of rotatable bonds is 0. The Labute approximate surface area is 158 Å². The van der Waals surface area contributed by atoms with Crippen LogP contribution in [0.15, 0.2) is 48.7 Å². The molecule has 1 nitrogen and oxygen atoms in total. The molecular formula is C18H8F6NPt-. The Kier molecular flexibility index (Phi) is 4.22. The average Bonchev–Trinajstić information content (AvgIpc) is 2.53. The molecule has 0 aliphatic heterocycles. The van der Waals surface area contributed by atoms with Crippen molar-refractivity contribution in [3.63, 3.8) is 0 Å². The summed E-state index contributed by atoms with van der Waals surface area (Å²) < 4.78 is 84.2. The van der Waals surface area contributed by atoms with E-state index in [1.165, 1.54) is 30.5 Å². The summed E-state index contributed by atoms with van der Waals surface area (Å²) in [5.41, 5.74) is -6.06. The Balaban J connectivity index is 0.00000196. The Morgan fingerprint density at radius 3 is 2.15 bits per heavy atom. The second-order valence-corrected chi connectivity index (χ2v) is 5.77. The number of alkyl halides is 6. The second kappa shape index (κ2) is 5.81. The monoisotopic (exact) mass is 547 g/mol. The number of nitrogens with zero attached hydrogens (tertiary/aromatic N) is 1. The van der Waals surface area contributed by atoms with Gasteiger partial charge < -0.3 is 4.98 Å². The average molecular weight is 547 g/mol. The molecule has 138 valence electrons. The molecule has 0 amide bonds. The fraction of sp³-hybridized carbons (Fsp3) is 0.167. The van der Waals surface area contributed by atoms with Gasteiger partial charge in [0, 0.05) is 27.3 Å². The van der Waals surface area contributed by atoms with Gasteiger partial charge in [-0.3, -0.25) is 0 Å². The number of hydrogen-bond acceptors (Lipinski definition) is 1. The van der Waals surface area contributed by atoms with Crippen molar-refractivity contribution in [3.8, 4) is 11.3 Å². The minimum Gasteiger partial charge on any atom is -0.304 e. The molecule has 0 N–H and O–H groups in total. The van der Waals surface area contributed by atoms with Crippen molar-refractivity contribution < 1.29 is 47.4 Å². The number of halogens is 6. The van der Waals surface area contributed by atoms with E-state index >= 15 is 0 Å². The van der Waals surface area contributed by atoms with Gasteiger partial charge in [-0.15, -0.1) is 29.8 Å². The number of hydrogen-bond donors (Lipinski definition) is 0. The molecule has 1 aliphatic carbocycles. The van der Waals surface area contributed by atoms with Crippen molar-refractivity contribution in [2.75, 3.05) is 0 Å². The van der Waals surface area contributed by atoms with E-state index in [2.05, 4.69) is 11.1 Å². The molecule has 1 aromatic heterocycles. The van der Waals surface area contributed by atoms with Crippen LogP contribution >= 0.6 is 0 Å². The van der Waals surface area contributed by atoms with Crippen LogP contribution in [0.2, 0.25) is 0 Å². The molecule has 3 aromatic rings. The SMILES string of the molecule is FC(F)(F)C1(C(F)(F)F)c2ccc[c-]c2-c2nccc3cccc1c23.[Pt]. The fourth-order valence-corrected chi connectivity index (χ4v) is 3.59. The molecule has 0 saturated heterocycles. The zero-order valence-electron chi connectivity index (χ0n) is 12.7. The molecule has 1 heterocycles. The van der Waals surface area contributed by atoms with Crippen molar-refractivity contribution >= 4 is 10.8 Å². The molecule has 0 radical (unpaired) electrons. The third kappa shape index (κ3) is 2.19.